The Hall–Kier alpha value is -1.71. The number of nitrogens with zero attached hydrogens (tertiary/aromatic N) is 1. The van der Waals surface area contributed by atoms with Crippen molar-refractivity contribution in [1.29, 1.82) is 0 Å². The highest BCUT2D eigenvalue weighted by Crippen LogP contribution is 2.08. The van der Waals surface area contributed by atoms with Crippen molar-refractivity contribution in [3.63, 3.8) is 0 Å². The van der Waals surface area contributed by atoms with Crippen LogP contribution in [0.25, 0.3) is 0 Å². The minimum absolute atomic E-state index is 0.0154. The number of hydrogen-bond acceptors (Lipinski definition) is 2. The molecule has 0 aliphatic heterocycles. The summed E-state index contributed by atoms with van der Waals surface area (Å²) in [5, 5.41) is 6.61. The fourth-order valence-electron chi connectivity index (χ4n) is 1.62. The number of nitrogens with one attached hydrogen (secondary N) is 2. The normalized spacial score (nSPS) is 12.1. The molecule has 1 aromatic carbocycles. The number of guanidine groups is 1. The van der Waals surface area contributed by atoms with Crippen LogP contribution in [0.15, 0.2) is 35.3 Å². The third-order valence-corrected chi connectivity index (χ3v) is 2.42. The van der Waals surface area contributed by atoms with Crippen molar-refractivity contribution in [3.8, 4) is 5.75 Å². The van der Waals surface area contributed by atoms with Gasteiger partial charge in [-0.1, -0.05) is 18.2 Å². The Balaban J connectivity index is 2.29. The summed E-state index contributed by atoms with van der Waals surface area (Å²) in [5.74, 6) is 1.77. The highest BCUT2D eigenvalue weighted by molar-refractivity contribution is 5.80. The molecule has 4 nitrogen and oxygen atoms in total. The molecule has 0 unspecified atom stereocenters. The van der Waals surface area contributed by atoms with E-state index in [1.807, 2.05) is 30.3 Å². The highest BCUT2D eigenvalue weighted by Gasteiger charge is 2.11. The van der Waals surface area contributed by atoms with Crippen LogP contribution >= 0.6 is 0 Å². The summed E-state index contributed by atoms with van der Waals surface area (Å²) in [5.41, 5.74) is 0.0154. The quantitative estimate of drug-likeness (QED) is 0.477. The summed E-state index contributed by atoms with van der Waals surface area (Å²) in [6.07, 6.45) is 0.898. The van der Waals surface area contributed by atoms with E-state index in [4.69, 9.17) is 4.74 Å². The summed E-state index contributed by atoms with van der Waals surface area (Å²) in [6.45, 7) is 10.7. The van der Waals surface area contributed by atoms with E-state index in [1.54, 1.807) is 0 Å². The third-order valence-electron chi connectivity index (χ3n) is 2.42. The number of benzene rings is 1. The summed E-state index contributed by atoms with van der Waals surface area (Å²) in [4.78, 5) is 4.54. The van der Waals surface area contributed by atoms with Gasteiger partial charge in [0.15, 0.2) is 5.96 Å². The van der Waals surface area contributed by atoms with E-state index in [-0.39, 0.29) is 5.54 Å². The smallest absolute Gasteiger partial charge is 0.191 e. The van der Waals surface area contributed by atoms with Crippen molar-refractivity contribution >= 4 is 5.96 Å². The van der Waals surface area contributed by atoms with Gasteiger partial charge in [-0.25, -0.2) is 0 Å². The molecule has 0 atom stereocenters. The van der Waals surface area contributed by atoms with Gasteiger partial charge < -0.3 is 15.4 Å². The van der Waals surface area contributed by atoms with E-state index in [2.05, 4.69) is 43.3 Å². The Labute approximate surface area is 122 Å². The van der Waals surface area contributed by atoms with Crippen molar-refractivity contribution in [3.05, 3.63) is 30.3 Å². The second-order valence-electron chi connectivity index (χ2n) is 5.65. The van der Waals surface area contributed by atoms with Crippen LogP contribution in [0, 0.1) is 0 Å². The van der Waals surface area contributed by atoms with E-state index >= 15 is 0 Å². The van der Waals surface area contributed by atoms with Gasteiger partial charge in [0.2, 0.25) is 0 Å². The van der Waals surface area contributed by atoms with Gasteiger partial charge in [0.05, 0.1) is 6.61 Å². The Bertz CT molecular complexity index is 396. The molecule has 0 aliphatic carbocycles. The molecule has 20 heavy (non-hydrogen) atoms. The standard InChI is InChI=1S/C16H27N3O/c1-5-17-15(19-16(2,3)4)18-12-9-13-20-14-10-7-6-8-11-14/h6-8,10-11H,5,9,12-13H2,1-4H3,(H2,17,18,19). The van der Waals surface area contributed by atoms with Gasteiger partial charge in [-0.3, -0.25) is 4.99 Å². The SMILES string of the molecule is CCNC(=NCCCOc1ccccc1)NC(C)(C)C. The van der Waals surface area contributed by atoms with E-state index in [9.17, 15) is 0 Å². The monoisotopic (exact) mass is 277 g/mol. The molecule has 0 saturated heterocycles. The van der Waals surface area contributed by atoms with Crippen LogP contribution in [0.5, 0.6) is 5.75 Å². The molecule has 0 aromatic heterocycles. The molecular weight excluding hydrogens is 250 g/mol. The number of rotatable bonds is 6. The van der Waals surface area contributed by atoms with Crippen LogP contribution in [-0.4, -0.2) is 31.2 Å². The second kappa shape index (κ2) is 8.46. The zero-order valence-electron chi connectivity index (χ0n) is 13.1. The first-order valence-electron chi connectivity index (χ1n) is 7.25. The number of ether oxygens (including phenoxy) is 1. The van der Waals surface area contributed by atoms with Gasteiger partial charge >= 0.3 is 0 Å². The van der Waals surface area contributed by atoms with Crippen LogP contribution in [0.3, 0.4) is 0 Å². The Morgan fingerprint density at radius 1 is 1.20 bits per heavy atom. The Morgan fingerprint density at radius 3 is 2.50 bits per heavy atom. The Kier molecular flexibility index (Phi) is 6.91. The topological polar surface area (TPSA) is 45.7 Å². The lowest BCUT2D eigenvalue weighted by Gasteiger charge is -2.23. The number of para-hydroxylation sites is 1. The Morgan fingerprint density at radius 2 is 1.90 bits per heavy atom. The largest absolute Gasteiger partial charge is 0.494 e. The van der Waals surface area contributed by atoms with E-state index < -0.39 is 0 Å². The molecule has 112 valence electrons. The number of hydrogen-bond donors (Lipinski definition) is 2. The molecule has 0 radical (unpaired) electrons. The fraction of sp³-hybridized carbons (Fsp3) is 0.562. The molecule has 0 spiro atoms. The van der Waals surface area contributed by atoms with Crippen molar-refractivity contribution in [2.75, 3.05) is 19.7 Å². The second-order valence-corrected chi connectivity index (χ2v) is 5.65. The van der Waals surface area contributed by atoms with Crippen molar-refractivity contribution in [2.24, 2.45) is 4.99 Å². The van der Waals surface area contributed by atoms with Crippen LogP contribution in [0.1, 0.15) is 34.1 Å². The molecule has 0 saturated carbocycles. The number of aliphatic imine (C=N–C) groups is 1. The predicted molar refractivity (Wildman–Crippen MR) is 85.4 cm³/mol. The summed E-state index contributed by atoms with van der Waals surface area (Å²) in [6, 6.07) is 9.87. The van der Waals surface area contributed by atoms with Gasteiger partial charge in [-0.15, -0.1) is 0 Å². The minimum Gasteiger partial charge on any atom is -0.494 e. The molecule has 1 rings (SSSR count). The molecule has 2 N–H and O–H groups in total. The third kappa shape index (κ3) is 7.67. The van der Waals surface area contributed by atoms with Crippen LogP contribution < -0.4 is 15.4 Å². The van der Waals surface area contributed by atoms with Crippen LogP contribution in [-0.2, 0) is 0 Å². The van der Waals surface area contributed by atoms with E-state index in [0.717, 1.165) is 31.2 Å². The summed E-state index contributed by atoms with van der Waals surface area (Å²) < 4.78 is 5.64. The first kappa shape index (κ1) is 16.3. The lowest BCUT2D eigenvalue weighted by Crippen LogP contribution is -2.47. The van der Waals surface area contributed by atoms with Crippen LogP contribution in [0.4, 0.5) is 0 Å². The lowest BCUT2D eigenvalue weighted by atomic mass is 10.1. The zero-order chi connectivity index (χ0) is 14.8. The van der Waals surface area contributed by atoms with Crippen molar-refractivity contribution < 1.29 is 4.74 Å². The molecule has 1 aromatic rings. The minimum atomic E-state index is 0.0154. The molecule has 0 fully saturated rings. The average molecular weight is 277 g/mol. The molecule has 0 amide bonds. The molecular formula is C16H27N3O. The summed E-state index contributed by atoms with van der Waals surface area (Å²) in [7, 11) is 0. The molecule has 0 bridgehead atoms. The first-order chi connectivity index (χ1) is 9.51. The van der Waals surface area contributed by atoms with Crippen LogP contribution in [0.2, 0.25) is 0 Å². The average Bonchev–Trinajstić information content (AvgIpc) is 2.38. The lowest BCUT2D eigenvalue weighted by molar-refractivity contribution is 0.313. The molecule has 4 heteroatoms. The maximum absolute atomic E-state index is 5.64. The maximum atomic E-state index is 5.64. The maximum Gasteiger partial charge on any atom is 0.191 e. The van der Waals surface area contributed by atoms with Gasteiger partial charge in [-0.05, 0) is 39.8 Å². The van der Waals surface area contributed by atoms with Gasteiger partial charge in [0.1, 0.15) is 5.75 Å². The molecule has 0 heterocycles. The van der Waals surface area contributed by atoms with Gasteiger partial charge in [0, 0.05) is 25.0 Å². The van der Waals surface area contributed by atoms with Gasteiger partial charge in [-0.2, -0.15) is 0 Å². The predicted octanol–water partition coefficient (Wildman–Crippen LogP) is 2.81. The summed E-state index contributed by atoms with van der Waals surface area (Å²) >= 11 is 0. The zero-order valence-corrected chi connectivity index (χ0v) is 13.1. The van der Waals surface area contributed by atoms with Crippen molar-refractivity contribution in [1.82, 2.24) is 10.6 Å². The van der Waals surface area contributed by atoms with Gasteiger partial charge in [0.25, 0.3) is 0 Å². The first-order valence-corrected chi connectivity index (χ1v) is 7.25. The van der Waals surface area contributed by atoms with E-state index in [0.29, 0.717) is 6.61 Å². The van der Waals surface area contributed by atoms with Crippen molar-refractivity contribution in [2.45, 2.75) is 39.7 Å². The van der Waals surface area contributed by atoms with E-state index in [1.165, 1.54) is 0 Å². The molecule has 0 aliphatic rings. The highest BCUT2D eigenvalue weighted by atomic mass is 16.5. The fourth-order valence-corrected chi connectivity index (χ4v) is 1.62.